The Bertz CT molecular complexity index is 333. The number of benzene rings is 1. The van der Waals surface area contributed by atoms with Gasteiger partial charge in [0.2, 0.25) is 0 Å². The summed E-state index contributed by atoms with van der Waals surface area (Å²) < 4.78 is 9.82. The van der Waals surface area contributed by atoms with Crippen LogP contribution in [0.1, 0.15) is 15.9 Å². The van der Waals surface area contributed by atoms with Crippen LogP contribution < -0.4 is 4.74 Å². The molecule has 0 aliphatic rings. The van der Waals surface area contributed by atoms with Crippen LogP contribution in [0.4, 0.5) is 0 Å². The van der Waals surface area contributed by atoms with Crippen molar-refractivity contribution in [2.45, 2.75) is 6.61 Å². The van der Waals surface area contributed by atoms with E-state index in [1.165, 1.54) is 7.11 Å². The van der Waals surface area contributed by atoms with Gasteiger partial charge in [-0.05, 0) is 17.7 Å². The van der Waals surface area contributed by atoms with E-state index < -0.39 is 0 Å². The van der Waals surface area contributed by atoms with Gasteiger partial charge in [-0.3, -0.25) is 4.79 Å². The second-order valence-corrected chi connectivity index (χ2v) is 2.79. The molecule has 76 valence electrons. The number of aromatic hydroxyl groups is 1. The fourth-order valence-corrected chi connectivity index (χ4v) is 1.18. The molecule has 4 heteroatoms. The van der Waals surface area contributed by atoms with Crippen molar-refractivity contribution < 1.29 is 19.4 Å². The molecule has 14 heavy (non-hydrogen) atoms. The SMILES string of the molecule is COCc1cc(C=O)c(O)c(OC)c1. The van der Waals surface area contributed by atoms with Crippen LogP contribution in [0.2, 0.25) is 0 Å². The van der Waals surface area contributed by atoms with E-state index in [1.807, 2.05) is 0 Å². The van der Waals surface area contributed by atoms with Gasteiger partial charge in [-0.25, -0.2) is 0 Å². The normalized spacial score (nSPS) is 9.86. The van der Waals surface area contributed by atoms with Gasteiger partial charge in [0.05, 0.1) is 19.3 Å². The van der Waals surface area contributed by atoms with E-state index in [9.17, 15) is 9.90 Å². The van der Waals surface area contributed by atoms with E-state index >= 15 is 0 Å². The van der Waals surface area contributed by atoms with Crippen molar-refractivity contribution in [3.05, 3.63) is 23.3 Å². The summed E-state index contributed by atoms with van der Waals surface area (Å²) in [5.74, 6) is 0.143. The van der Waals surface area contributed by atoms with Crippen molar-refractivity contribution in [3.63, 3.8) is 0 Å². The summed E-state index contributed by atoms with van der Waals surface area (Å²) in [4.78, 5) is 10.6. The van der Waals surface area contributed by atoms with Crippen molar-refractivity contribution in [3.8, 4) is 11.5 Å². The van der Waals surface area contributed by atoms with Gasteiger partial charge in [0.25, 0.3) is 0 Å². The molecule has 0 radical (unpaired) electrons. The molecule has 4 nitrogen and oxygen atoms in total. The number of hydrogen-bond donors (Lipinski definition) is 1. The van der Waals surface area contributed by atoms with Gasteiger partial charge in [0, 0.05) is 7.11 Å². The lowest BCUT2D eigenvalue weighted by molar-refractivity contribution is 0.112. The zero-order valence-electron chi connectivity index (χ0n) is 8.11. The average Bonchev–Trinajstić information content (AvgIpc) is 2.20. The van der Waals surface area contributed by atoms with Gasteiger partial charge in [-0.2, -0.15) is 0 Å². The molecule has 0 aromatic heterocycles. The van der Waals surface area contributed by atoms with Crippen LogP contribution in [0.15, 0.2) is 12.1 Å². The Hall–Kier alpha value is -1.55. The first-order chi connectivity index (χ1) is 6.72. The molecule has 0 aliphatic carbocycles. The Kier molecular flexibility index (Phi) is 3.48. The first-order valence-corrected chi connectivity index (χ1v) is 4.07. The lowest BCUT2D eigenvalue weighted by atomic mass is 10.1. The number of carbonyl (C=O) groups is 1. The lowest BCUT2D eigenvalue weighted by Crippen LogP contribution is -1.94. The third kappa shape index (κ3) is 2.03. The summed E-state index contributed by atoms with van der Waals surface area (Å²) in [6.45, 7) is 0.372. The van der Waals surface area contributed by atoms with Crippen LogP contribution >= 0.6 is 0 Å². The number of aldehydes is 1. The minimum absolute atomic E-state index is 0.137. The number of phenolic OH excluding ortho intramolecular Hbond substituents is 1. The topological polar surface area (TPSA) is 55.8 Å². The number of carbonyl (C=O) groups excluding carboxylic acids is 1. The monoisotopic (exact) mass is 196 g/mol. The molecule has 0 bridgehead atoms. The fraction of sp³-hybridized carbons (Fsp3) is 0.300. The van der Waals surface area contributed by atoms with E-state index in [-0.39, 0.29) is 17.1 Å². The molecule has 1 N–H and O–H groups in total. The number of methoxy groups -OCH3 is 2. The number of rotatable bonds is 4. The van der Waals surface area contributed by atoms with Crippen molar-refractivity contribution in [1.82, 2.24) is 0 Å². The highest BCUT2D eigenvalue weighted by Crippen LogP contribution is 2.30. The van der Waals surface area contributed by atoms with E-state index in [1.54, 1.807) is 19.2 Å². The van der Waals surface area contributed by atoms with Gasteiger partial charge < -0.3 is 14.6 Å². The number of phenols is 1. The van der Waals surface area contributed by atoms with Gasteiger partial charge in [0.1, 0.15) is 0 Å². The predicted molar refractivity (Wildman–Crippen MR) is 50.8 cm³/mol. The van der Waals surface area contributed by atoms with E-state index in [4.69, 9.17) is 9.47 Å². The molecule has 0 heterocycles. The van der Waals surface area contributed by atoms with Crippen molar-refractivity contribution in [1.29, 1.82) is 0 Å². The summed E-state index contributed by atoms with van der Waals surface area (Å²) in [7, 11) is 2.99. The summed E-state index contributed by atoms with van der Waals surface area (Å²) in [5.41, 5.74) is 0.987. The Labute approximate surface area is 82.1 Å². The molecular weight excluding hydrogens is 184 g/mol. The summed E-state index contributed by atoms with van der Waals surface area (Å²) >= 11 is 0. The Balaban J connectivity index is 3.17. The Morgan fingerprint density at radius 3 is 2.64 bits per heavy atom. The molecule has 0 unspecified atom stereocenters. The Morgan fingerprint density at radius 1 is 1.43 bits per heavy atom. The van der Waals surface area contributed by atoms with Crippen molar-refractivity contribution >= 4 is 6.29 Å². The first kappa shape index (κ1) is 10.5. The molecule has 0 atom stereocenters. The third-order valence-corrected chi connectivity index (χ3v) is 1.82. The van der Waals surface area contributed by atoms with Crippen LogP contribution in [0.5, 0.6) is 11.5 Å². The van der Waals surface area contributed by atoms with E-state index in [0.717, 1.165) is 5.56 Å². The molecule has 0 fully saturated rings. The molecular formula is C10H12O4. The zero-order valence-corrected chi connectivity index (χ0v) is 8.11. The highest BCUT2D eigenvalue weighted by Gasteiger charge is 2.09. The quantitative estimate of drug-likeness (QED) is 0.739. The molecule has 0 saturated heterocycles. The third-order valence-electron chi connectivity index (χ3n) is 1.82. The Morgan fingerprint density at radius 2 is 2.14 bits per heavy atom. The van der Waals surface area contributed by atoms with Gasteiger partial charge in [0.15, 0.2) is 17.8 Å². The average molecular weight is 196 g/mol. The molecule has 0 saturated carbocycles. The first-order valence-electron chi connectivity index (χ1n) is 4.07. The highest BCUT2D eigenvalue weighted by molar-refractivity contribution is 5.81. The molecule has 1 rings (SSSR count). The van der Waals surface area contributed by atoms with Crippen molar-refractivity contribution in [2.75, 3.05) is 14.2 Å². The second kappa shape index (κ2) is 4.62. The largest absolute Gasteiger partial charge is 0.504 e. The predicted octanol–water partition coefficient (Wildman–Crippen LogP) is 1.36. The van der Waals surface area contributed by atoms with Crippen LogP contribution in [0.3, 0.4) is 0 Å². The van der Waals surface area contributed by atoms with E-state index in [0.29, 0.717) is 12.9 Å². The lowest BCUT2D eigenvalue weighted by Gasteiger charge is -2.08. The van der Waals surface area contributed by atoms with Gasteiger partial charge in [-0.1, -0.05) is 0 Å². The molecule has 0 spiro atoms. The molecule has 0 amide bonds. The minimum atomic E-state index is -0.137. The zero-order chi connectivity index (χ0) is 10.6. The van der Waals surface area contributed by atoms with Crippen LogP contribution in [0.25, 0.3) is 0 Å². The van der Waals surface area contributed by atoms with Gasteiger partial charge in [-0.15, -0.1) is 0 Å². The minimum Gasteiger partial charge on any atom is -0.504 e. The number of hydrogen-bond acceptors (Lipinski definition) is 4. The molecule has 0 aliphatic heterocycles. The number of ether oxygens (including phenoxy) is 2. The smallest absolute Gasteiger partial charge is 0.168 e. The maximum absolute atomic E-state index is 10.6. The fourth-order valence-electron chi connectivity index (χ4n) is 1.18. The van der Waals surface area contributed by atoms with Crippen molar-refractivity contribution in [2.24, 2.45) is 0 Å². The van der Waals surface area contributed by atoms with Gasteiger partial charge >= 0.3 is 0 Å². The summed E-state index contributed by atoms with van der Waals surface area (Å²) in [6.07, 6.45) is 0.580. The molecule has 1 aromatic rings. The maximum Gasteiger partial charge on any atom is 0.168 e. The highest BCUT2D eigenvalue weighted by atomic mass is 16.5. The van der Waals surface area contributed by atoms with E-state index in [2.05, 4.69) is 0 Å². The summed E-state index contributed by atoms with van der Waals surface area (Å²) in [5, 5.41) is 9.48. The maximum atomic E-state index is 10.6. The van der Waals surface area contributed by atoms with Crippen LogP contribution in [-0.4, -0.2) is 25.6 Å². The van der Waals surface area contributed by atoms with Crippen LogP contribution in [0, 0.1) is 0 Å². The molecule has 1 aromatic carbocycles. The summed E-state index contributed by atoms with van der Waals surface area (Å²) in [6, 6.07) is 3.19. The standard InChI is InChI=1S/C10H12O4/c1-13-6-7-3-8(5-11)10(12)9(4-7)14-2/h3-5,12H,6H2,1-2H3. The van der Waals surface area contributed by atoms with Crippen LogP contribution in [-0.2, 0) is 11.3 Å². The second-order valence-electron chi connectivity index (χ2n) is 2.79.